The molecule has 2 heterocycles. The van der Waals surface area contributed by atoms with Crippen molar-refractivity contribution in [3.63, 3.8) is 0 Å². The highest BCUT2D eigenvalue weighted by Crippen LogP contribution is 2.25. The summed E-state index contributed by atoms with van der Waals surface area (Å²) in [5.41, 5.74) is 2.42. The Morgan fingerprint density at radius 2 is 1.50 bits per heavy atom. The number of furan rings is 2. The summed E-state index contributed by atoms with van der Waals surface area (Å²) in [6.45, 7) is -0.142. The fourth-order valence-corrected chi connectivity index (χ4v) is 3.02. The number of aliphatic hydroxyl groups excluding tert-OH is 1. The lowest BCUT2D eigenvalue weighted by atomic mass is 10.1. The monoisotopic (exact) mass is 419 g/mol. The Bertz CT molecular complexity index is 1170. The third kappa shape index (κ3) is 4.71. The van der Waals surface area contributed by atoms with Gasteiger partial charge in [-0.1, -0.05) is 11.6 Å². The van der Waals surface area contributed by atoms with E-state index in [1.54, 1.807) is 48.5 Å². The summed E-state index contributed by atoms with van der Waals surface area (Å²) in [7, 11) is 0. The average molecular weight is 420 g/mol. The van der Waals surface area contributed by atoms with Crippen LogP contribution in [0, 0.1) is 0 Å². The highest BCUT2D eigenvalue weighted by atomic mass is 35.5. The molecule has 0 atom stereocenters. The summed E-state index contributed by atoms with van der Waals surface area (Å²) >= 11 is 5.90. The van der Waals surface area contributed by atoms with Gasteiger partial charge in [-0.15, -0.1) is 0 Å². The maximum absolute atomic E-state index is 12.2. The van der Waals surface area contributed by atoms with Crippen LogP contribution in [0.3, 0.4) is 0 Å². The molecule has 0 spiro atoms. The van der Waals surface area contributed by atoms with E-state index in [-0.39, 0.29) is 12.5 Å². The van der Waals surface area contributed by atoms with Crippen LogP contribution in [0.25, 0.3) is 28.7 Å². The Labute approximate surface area is 178 Å². The van der Waals surface area contributed by atoms with Crippen LogP contribution in [0.1, 0.15) is 11.5 Å². The van der Waals surface area contributed by atoms with Gasteiger partial charge in [0.15, 0.2) is 0 Å². The van der Waals surface area contributed by atoms with Crippen molar-refractivity contribution in [3.05, 3.63) is 95.4 Å². The van der Waals surface area contributed by atoms with Gasteiger partial charge < -0.3 is 19.3 Å². The van der Waals surface area contributed by atoms with Crippen molar-refractivity contribution < 1.29 is 18.7 Å². The molecule has 2 aromatic carbocycles. The summed E-state index contributed by atoms with van der Waals surface area (Å²) in [4.78, 5) is 12.2. The van der Waals surface area contributed by atoms with Gasteiger partial charge >= 0.3 is 0 Å². The molecule has 2 N–H and O–H groups in total. The highest BCUT2D eigenvalue weighted by Gasteiger charge is 2.06. The zero-order chi connectivity index (χ0) is 20.9. The summed E-state index contributed by atoms with van der Waals surface area (Å²) < 4.78 is 11.2. The lowest BCUT2D eigenvalue weighted by molar-refractivity contribution is -0.111. The number of halogens is 1. The Hall–Kier alpha value is -3.54. The quantitative estimate of drug-likeness (QED) is 0.375. The Morgan fingerprint density at radius 1 is 0.867 bits per heavy atom. The van der Waals surface area contributed by atoms with Gasteiger partial charge in [-0.25, -0.2) is 0 Å². The molecule has 0 saturated carbocycles. The van der Waals surface area contributed by atoms with Gasteiger partial charge in [0.05, 0.1) is 0 Å². The van der Waals surface area contributed by atoms with E-state index in [4.69, 9.17) is 25.5 Å². The van der Waals surface area contributed by atoms with E-state index in [0.717, 1.165) is 11.1 Å². The average Bonchev–Trinajstić information content (AvgIpc) is 3.43. The maximum Gasteiger partial charge on any atom is 0.248 e. The van der Waals surface area contributed by atoms with Gasteiger partial charge in [-0.05, 0) is 78.9 Å². The third-order valence-corrected chi connectivity index (χ3v) is 4.66. The van der Waals surface area contributed by atoms with Gasteiger partial charge in [0, 0.05) is 27.9 Å². The molecular formula is C24H18ClNO4. The van der Waals surface area contributed by atoms with E-state index in [1.807, 2.05) is 30.3 Å². The van der Waals surface area contributed by atoms with E-state index in [2.05, 4.69) is 5.32 Å². The number of hydrogen-bond donors (Lipinski definition) is 2. The number of amides is 1. The summed E-state index contributed by atoms with van der Waals surface area (Å²) in [6, 6.07) is 21.7. The van der Waals surface area contributed by atoms with Gasteiger partial charge in [0.25, 0.3) is 0 Å². The second-order valence-electron chi connectivity index (χ2n) is 6.53. The minimum absolute atomic E-state index is 0.142. The molecule has 0 aliphatic carbocycles. The van der Waals surface area contributed by atoms with E-state index in [9.17, 15) is 4.79 Å². The first-order valence-corrected chi connectivity index (χ1v) is 9.63. The topological polar surface area (TPSA) is 75.6 Å². The smallest absolute Gasteiger partial charge is 0.248 e. The van der Waals surface area contributed by atoms with Crippen LogP contribution in [-0.2, 0) is 11.4 Å². The number of carbonyl (C=O) groups excluding carboxylic acids is 1. The Kier molecular flexibility index (Phi) is 5.84. The second kappa shape index (κ2) is 8.86. The zero-order valence-electron chi connectivity index (χ0n) is 15.8. The van der Waals surface area contributed by atoms with E-state index in [1.165, 1.54) is 6.08 Å². The minimum Gasteiger partial charge on any atom is -0.459 e. The van der Waals surface area contributed by atoms with Crippen molar-refractivity contribution in [2.24, 2.45) is 0 Å². The highest BCUT2D eigenvalue weighted by molar-refractivity contribution is 6.30. The van der Waals surface area contributed by atoms with Crippen LogP contribution in [0.15, 0.2) is 87.7 Å². The molecule has 30 heavy (non-hydrogen) atoms. The summed E-state index contributed by atoms with van der Waals surface area (Å²) in [5, 5.41) is 12.5. The lowest BCUT2D eigenvalue weighted by Crippen LogP contribution is -2.07. The van der Waals surface area contributed by atoms with E-state index in [0.29, 0.717) is 33.8 Å². The molecule has 0 bridgehead atoms. The number of hydrogen-bond acceptors (Lipinski definition) is 4. The minimum atomic E-state index is -0.271. The molecule has 5 nitrogen and oxygen atoms in total. The second-order valence-corrected chi connectivity index (χ2v) is 6.97. The molecule has 6 heteroatoms. The molecule has 0 saturated heterocycles. The number of nitrogens with one attached hydrogen (secondary N) is 1. The predicted molar refractivity (Wildman–Crippen MR) is 117 cm³/mol. The number of carbonyl (C=O) groups is 1. The Morgan fingerprint density at radius 3 is 2.17 bits per heavy atom. The van der Waals surface area contributed by atoms with Gasteiger partial charge in [-0.2, -0.15) is 0 Å². The zero-order valence-corrected chi connectivity index (χ0v) is 16.6. The van der Waals surface area contributed by atoms with Gasteiger partial charge in [-0.3, -0.25) is 4.79 Å². The molecule has 0 unspecified atom stereocenters. The maximum atomic E-state index is 12.2. The molecule has 4 rings (SSSR count). The number of anilines is 1. The fraction of sp³-hybridized carbons (Fsp3) is 0.0417. The van der Waals surface area contributed by atoms with Crippen LogP contribution in [0.4, 0.5) is 5.69 Å². The van der Waals surface area contributed by atoms with E-state index < -0.39 is 0 Å². The third-order valence-electron chi connectivity index (χ3n) is 4.41. The van der Waals surface area contributed by atoms with Crippen molar-refractivity contribution >= 4 is 29.3 Å². The molecule has 2 aromatic heterocycles. The first kappa shape index (κ1) is 19.8. The largest absolute Gasteiger partial charge is 0.459 e. The van der Waals surface area contributed by atoms with Crippen LogP contribution in [-0.4, -0.2) is 11.0 Å². The molecule has 1 amide bonds. The van der Waals surface area contributed by atoms with Crippen molar-refractivity contribution in [1.29, 1.82) is 0 Å². The van der Waals surface area contributed by atoms with Crippen LogP contribution in [0.2, 0.25) is 5.02 Å². The lowest BCUT2D eigenvalue weighted by Gasteiger charge is -2.03. The summed E-state index contributed by atoms with van der Waals surface area (Å²) in [5.74, 6) is 2.16. The normalized spacial score (nSPS) is 11.1. The molecule has 150 valence electrons. The predicted octanol–water partition coefficient (Wildman–Crippen LogP) is 6.00. The van der Waals surface area contributed by atoms with Gasteiger partial charge in [0.2, 0.25) is 5.91 Å². The van der Waals surface area contributed by atoms with Crippen molar-refractivity contribution in [2.45, 2.75) is 6.61 Å². The summed E-state index contributed by atoms with van der Waals surface area (Å²) in [6.07, 6.45) is 3.03. The number of benzene rings is 2. The van der Waals surface area contributed by atoms with Crippen LogP contribution < -0.4 is 5.32 Å². The van der Waals surface area contributed by atoms with E-state index >= 15 is 0 Å². The molecule has 0 aliphatic heterocycles. The molecular weight excluding hydrogens is 402 g/mol. The first-order valence-electron chi connectivity index (χ1n) is 9.25. The SMILES string of the molecule is O=C(C=Cc1ccc(-c2ccc(Cl)cc2)o1)Nc1ccc(-c2ccc(CO)o2)cc1. The Balaban J connectivity index is 1.37. The van der Waals surface area contributed by atoms with Crippen molar-refractivity contribution in [1.82, 2.24) is 0 Å². The fourth-order valence-electron chi connectivity index (χ4n) is 2.89. The van der Waals surface area contributed by atoms with Crippen molar-refractivity contribution in [2.75, 3.05) is 5.32 Å². The molecule has 0 fully saturated rings. The number of aliphatic hydroxyl groups is 1. The van der Waals surface area contributed by atoms with Crippen LogP contribution >= 0.6 is 11.6 Å². The molecule has 0 radical (unpaired) electrons. The van der Waals surface area contributed by atoms with Crippen molar-refractivity contribution in [3.8, 4) is 22.6 Å². The number of rotatable bonds is 6. The molecule has 0 aliphatic rings. The van der Waals surface area contributed by atoms with Gasteiger partial charge in [0.1, 0.15) is 29.6 Å². The first-order chi connectivity index (χ1) is 14.6. The molecule has 4 aromatic rings. The van der Waals surface area contributed by atoms with Crippen LogP contribution in [0.5, 0.6) is 0 Å². The standard InChI is InChI=1S/C24H18ClNO4/c25-18-5-1-16(2-6-18)22-12-9-20(29-22)11-14-24(28)26-19-7-3-17(4-8-19)23-13-10-21(15-27)30-23/h1-14,27H,15H2,(H,26,28).